The quantitative estimate of drug-likeness (QED) is 0.685. The topological polar surface area (TPSA) is 58.4 Å². The van der Waals surface area contributed by atoms with Crippen molar-refractivity contribution in [1.29, 1.82) is 0 Å². The van der Waals surface area contributed by atoms with Crippen molar-refractivity contribution in [3.8, 4) is 0 Å². The van der Waals surface area contributed by atoms with Crippen LogP contribution in [0.25, 0.3) is 0 Å². The number of anilines is 1. The first-order valence-corrected chi connectivity index (χ1v) is 6.78. The van der Waals surface area contributed by atoms with Gasteiger partial charge in [-0.05, 0) is 41.9 Å². The van der Waals surface area contributed by atoms with Gasteiger partial charge in [-0.2, -0.15) is 0 Å². The van der Waals surface area contributed by atoms with Crippen LogP contribution in [-0.4, -0.2) is 31.1 Å². The molecule has 6 heteroatoms. The molecular weight excluding hydrogens is 298 g/mol. The molecule has 1 atom stereocenters. The van der Waals surface area contributed by atoms with Crippen LogP contribution < -0.4 is 10.2 Å². The molecule has 0 radical (unpaired) electrons. The lowest BCUT2D eigenvalue weighted by atomic mass is 10.2. The van der Waals surface area contributed by atoms with Crippen molar-refractivity contribution < 1.29 is 4.92 Å². The fourth-order valence-electron chi connectivity index (χ4n) is 2.44. The van der Waals surface area contributed by atoms with Gasteiger partial charge in [0.1, 0.15) is 0 Å². The monoisotopic (exact) mass is 313 g/mol. The second kappa shape index (κ2) is 5.67. The van der Waals surface area contributed by atoms with E-state index in [1.165, 1.54) is 0 Å². The first kappa shape index (κ1) is 13.3. The predicted octanol–water partition coefficient (Wildman–Crippen LogP) is 2.55. The van der Waals surface area contributed by atoms with Crippen molar-refractivity contribution in [2.24, 2.45) is 0 Å². The average Bonchev–Trinajstić information content (AvgIpc) is 2.77. The number of rotatable bonds is 4. The van der Waals surface area contributed by atoms with Gasteiger partial charge in [-0.3, -0.25) is 10.1 Å². The molecule has 0 amide bonds. The van der Waals surface area contributed by atoms with E-state index in [-0.39, 0.29) is 10.6 Å². The highest BCUT2D eigenvalue weighted by atomic mass is 79.9. The molecule has 1 aromatic carbocycles. The van der Waals surface area contributed by atoms with E-state index < -0.39 is 0 Å². The Balaban J connectivity index is 2.25. The lowest BCUT2D eigenvalue weighted by Gasteiger charge is -2.27. The average molecular weight is 314 g/mol. The van der Waals surface area contributed by atoms with Gasteiger partial charge in [-0.25, -0.2) is 0 Å². The zero-order valence-corrected chi connectivity index (χ0v) is 11.8. The molecule has 1 saturated heterocycles. The number of hydrogen-bond acceptors (Lipinski definition) is 4. The largest absolute Gasteiger partial charge is 0.366 e. The third-order valence-corrected chi connectivity index (χ3v) is 3.90. The lowest BCUT2D eigenvalue weighted by Crippen LogP contribution is -2.36. The lowest BCUT2D eigenvalue weighted by molar-refractivity contribution is -0.384. The van der Waals surface area contributed by atoms with Crippen LogP contribution in [0.2, 0.25) is 0 Å². The second-order valence-corrected chi connectivity index (χ2v) is 5.29. The highest BCUT2D eigenvalue weighted by Gasteiger charge is 2.26. The smallest absolute Gasteiger partial charge is 0.270 e. The van der Waals surface area contributed by atoms with Crippen LogP contribution >= 0.6 is 15.9 Å². The standard InChI is InChI=1S/C12H16BrN3O2/c1-14-8-10-3-2-6-15(10)12-5-4-9(16(17)18)7-11(12)13/h4-5,7,10,14H,2-3,6,8H2,1H3. The van der Waals surface area contributed by atoms with Gasteiger partial charge in [-0.1, -0.05) is 0 Å². The Morgan fingerprint density at radius 1 is 1.61 bits per heavy atom. The van der Waals surface area contributed by atoms with E-state index >= 15 is 0 Å². The van der Waals surface area contributed by atoms with Crippen molar-refractivity contribution in [3.63, 3.8) is 0 Å². The summed E-state index contributed by atoms with van der Waals surface area (Å²) in [4.78, 5) is 12.7. The summed E-state index contributed by atoms with van der Waals surface area (Å²) in [7, 11) is 1.95. The Morgan fingerprint density at radius 2 is 2.39 bits per heavy atom. The maximum Gasteiger partial charge on any atom is 0.270 e. The van der Waals surface area contributed by atoms with Crippen molar-refractivity contribution in [3.05, 3.63) is 32.8 Å². The molecule has 1 aliphatic rings. The van der Waals surface area contributed by atoms with Crippen molar-refractivity contribution in [2.45, 2.75) is 18.9 Å². The normalized spacial score (nSPS) is 19.2. The minimum absolute atomic E-state index is 0.120. The van der Waals surface area contributed by atoms with Gasteiger partial charge in [-0.15, -0.1) is 0 Å². The van der Waals surface area contributed by atoms with E-state index in [0.717, 1.165) is 36.1 Å². The van der Waals surface area contributed by atoms with E-state index in [1.54, 1.807) is 12.1 Å². The summed E-state index contributed by atoms with van der Waals surface area (Å²) in [5.41, 5.74) is 1.16. The van der Waals surface area contributed by atoms with Gasteiger partial charge in [0.2, 0.25) is 0 Å². The van der Waals surface area contributed by atoms with Crippen LogP contribution in [-0.2, 0) is 0 Å². The molecule has 18 heavy (non-hydrogen) atoms. The fourth-order valence-corrected chi connectivity index (χ4v) is 3.04. The maximum atomic E-state index is 10.7. The first-order valence-electron chi connectivity index (χ1n) is 5.98. The number of nitro benzene ring substituents is 1. The zero-order valence-electron chi connectivity index (χ0n) is 10.2. The molecule has 1 aliphatic heterocycles. The summed E-state index contributed by atoms with van der Waals surface area (Å²) in [5.74, 6) is 0. The molecule has 2 rings (SSSR count). The Hall–Kier alpha value is -1.14. The summed E-state index contributed by atoms with van der Waals surface area (Å²) >= 11 is 3.44. The van der Waals surface area contributed by atoms with Gasteiger partial charge in [0.25, 0.3) is 5.69 Å². The summed E-state index contributed by atoms with van der Waals surface area (Å²) in [6.45, 7) is 1.94. The Labute approximate surface area is 114 Å². The molecule has 1 aromatic rings. The number of benzene rings is 1. The van der Waals surface area contributed by atoms with E-state index in [0.29, 0.717) is 6.04 Å². The molecule has 1 unspecified atom stereocenters. The van der Waals surface area contributed by atoms with Crippen molar-refractivity contribution in [1.82, 2.24) is 5.32 Å². The molecule has 1 fully saturated rings. The second-order valence-electron chi connectivity index (χ2n) is 4.44. The van der Waals surface area contributed by atoms with E-state index in [1.807, 2.05) is 13.1 Å². The van der Waals surface area contributed by atoms with Gasteiger partial charge < -0.3 is 10.2 Å². The highest BCUT2D eigenvalue weighted by molar-refractivity contribution is 9.10. The van der Waals surface area contributed by atoms with Crippen LogP contribution in [0.5, 0.6) is 0 Å². The third-order valence-electron chi connectivity index (χ3n) is 3.27. The molecule has 98 valence electrons. The number of hydrogen-bond donors (Lipinski definition) is 1. The number of halogens is 1. The minimum atomic E-state index is -0.371. The van der Waals surface area contributed by atoms with Crippen molar-refractivity contribution in [2.75, 3.05) is 25.0 Å². The SMILES string of the molecule is CNCC1CCCN1c1ccc([N+](=O)[O-])cc1Br. The van der Waals surface area contributed by atoms with E-state index in [9.17, 15) is 10.1 Å². The molecule has 5 nitrogen and oxygen atoms in total. The van der Waals surface area contributed by atoms with Crippen LogP contribution in [0, 0.1) is 10.1 Å². The Morgan fingerprint density at radius 3 is 3.00 bits per heavy atom. The van der Waals surface area contributed by atoms with Gasteiger partial charge in [0.05, 0.1) is 10.6 Å². The van der Waals surface area contributed by atoms with Crippen molar-refractivity contribution >= 4 is 27.3 Å². The fraction of sp³-hybridized carbons (Fsp3) is 0.500. The third kappa shape index (κ3) is 2.64. The summed E-state index contributed by atoms with van der Waals surface area (Å²) < 4.78 is 0.791. The number of nitro groups is 1. The van der Waals surface area contributed by atoms with Gasteiger partial charge in [0.15, 0.2) is 0 Å². The molecule has 1 heterocycles. The van der Waals surface area contributed by atoms with Gasteiger partial charge in [0, 0.05) is 35.7 Å². The zero-order chi connectivity index (χ0) is 13.1. The first-order chi connectivity index (χ1) is 8.63. The molecular formula is C12H16BrN3O2. The number of non-ortho nitro benzene ring substituents is 1. The van der Waals surface area contributed by atoms with Crippen LogP contribution in [0.3, 0.4) is 0 Å². The maximum absolute atomic E-state index is 10.7. The highest BCUT2D eigenvalue weighted by Crippen LogP contribution is 2.34. The predicted molar refractivity (Wildman–Crippen MR) is 75.1 cm³/mol. The Bertz CT molecular complexity index is 453. The summed E-state index contributed by atoms with van der Waals surface area (Å²) in [6.07, 6.45) is 2.32. The number of likely N-dealkylation sites (N-methyl/N-ethyl adjacent to an activating group) is 1. The molecule has 1 N–H and O–H groups in total. The van der Waals surface area contributed by atoms with Gasteiger partial charge >= 0.3 is 0 Å². The van der Waals surface area contributed by atoms with Crippen LogP contribution in [0.1, 0.15) is 12.8 Å². The molecule has 0 aromatic heterocycles. The van der Waals surface area contributed by atoms with E-state index in [4.69, 9.17) is 0 Å². The number of nitrogens with one attached hydrogen (secondary N) is 1. The minimum Gasteiger partial charge on any atom is -0.366 e. The molecule has 0 spiro atoms. The number of nitrogens with zero attached hydrogens (tertiary/aromatic N) is 2. The summed E-state index contributed by atoms with van der Waals surface area (Å²) in [5, 5.41) is 13.9. The van der Waals surface area contributed by atoms with E-state index in [2.05, 4.69) is 26.1 Å². The molecule has 0 bridgehead atoms. The van der Waals surface area contributed by atoms with Crippen LogP contribution in [0.4, 0.5) is 11.4 Å². The summed E-state index contributed by atoms with van der Waals surface area (Å²) in [6, 6.07) is 5.43. The molecule has 0 aliphatic carbocycles. The molecule has 0 saturated carbocycles. The Kier molecular flexibility index (Phi) is 4.19. The van der Waals surface area contributed by atoms with Crippen LogP contribution in [0.15, 0.2) is 22.7 Å².